The average molecular weight is 603 g/mol. The van der Waals surface area contributed by atoms with Crippen LogP contribution in [0.5, 0.6) is 0 Å². The number of nitrogens with zero attached hydrogens (tertiary/aromatic N) is 2. The Kier molecular flexibility index (Phi) is 10.6. The largest absolute Gasteiger partial charge is 0.371 e. The Morgan fingerprint density at radius 1 is 0.500 bits per heavy atom. The van der Waals surface area contributed by atoms with Gasteiger partial charge in [0.2, 0.25) is 0 Å². The maximum Gasteiger partial charge on any atom is 0.0984 e. The summed E-state index contributed by atoms with van der Waals surface area (Å²) in [6, 6.07) is 27.6. The Bertz CT molecular complexity index is 1170. The van der Waals surface area contributed by atoms with Crippen LogP contribution in [0.4, 0.5) is 11.4 Å². The lowest BCUT2D eigenvalue weighted by atomic mass is 9.89. The van der Waals surface area contributed by atoms with Crippen molar-refractivity contribution < 1.29 is 18.9 Å². The van der Waals surface area contributed by atoms with Gasteiger partial charge in [0.05, 0.1) is 50.8 Å². The van der Waals surface area contributed by atoms with E-state index < -0.39 is 0 Å². The molecule has 3 aromatic carbocycles. The topological polar surface area (TPSA) is 127 Å². The molecule has 8 heteroatoms. The van der Waals surface area contributed by atoms with Crippen LogP contribution in [0, 0.1) is 0 Å². The summed E-state index contributed by atoms with van der Waals surface area (Å²) < 4.78 is 21.9. The highest BCUT2D eigenvalue weighted by molar-refractivity contribution is 5.49. The van der Waals surface area contributed by atoms with Crippen molar-refractivity contribution in [2.75, 3.05) is 62.4 Å². The Morgan fingerprint density at radius 3 is 1.02 bits per heavy atom. The van der Waals surface area contributed by atoms with Gasteiger partial charge in [0.25, 0.3) is 0 Å². The molecule has 0 aromatic heterocycles. The molecule has 8 nitrogen and oxygen atoms in total. The predicted molar refractivity (Wildman–Crippen MR) is 177 cm³/mol. The zero-order valence-corrected chi connectivity index (χ0v) is 26.4. The fourth-order valence-corrected chi connectivity index (χ4v) is 6.03. The third kappa shape index (κ3) is 9.03. The second-order valence-corrected chi connectivity index (χ2v) is 12.8. The van der Waals surface area contributed by atoms with Crippen LogP contribution in [-0.4, -0.2) is 77.0 Å². The van der Waals surface area contributed by atoms with Crippen LogP contribution in [0.25, 0.3) is 0 Å². The smallest absolute Gasteiger partial charge is 0.0984 e. The van der Waals surface area contributed by atoms with E-state index in [9.17, 15) is 0 Å². The maximum absolute atomic E-state index is 5.49. The molecule has 0 amide bonds. The summed E-state index contributed by atoms with van der Waals surface area (Å²) in [5.74, 6) is 0.933. The van der Waals surface area contributed by atoms with E-state index in [0.29, 0.717) is 36.3 Å². The SMILES string of the molecule is CC(Cc1ccc(N(CC2CO2)CC2CO2)cc1)c1ccc(C(C)Cc2ccc(N(CC3CO3)CC3CO3)cc2)cc1.N.N. The maximum atomic E-state index is 5.49. The van der Waals surface area contributed by atoms with E-state index in [4.69, 9.17) is 18.9 Å². The van der Waals surface area contributed by atoms with Gasteiger partial charge in [-0.2, -0.15) is 0 Å². The molecule has 4 fully saturated rings. The molecule has 0 aliphatic carbocycles. The van der Waals surface area contributed by atoms with Crippen molar-refractivity contribution >= 4 is 11.4 Å². The minimum atomic E-state index is 0. The van der Waals surface area contributed by atoms with Crippen LogP contribution in [0.15, 0.2) is 72.8 Å². The summed E-state index contributed by atoms with van der Waals surface area (Å²) in [7, 11) is 0. The Morgan fingerprint density at radius 2 is 0.773 bits per heavy atom. The van der Waals surface area contributed by atoms with E-state index >= 15 is 0 Å². The Labute approximate surface area is 262 Å². The van der Waals surface area contributed by atoms with E-state index in [1.807, 2.05) is 0 Å². The number of hydrogen-bond donors (Lipinski definition) is 2. The molecule has 0 saturated carbocycles. The fourth-order valence-electron chi connectivity index (χ4n) is 6.03. The van der Waals surface area contributed by atoms with Gasteiger partial charge < -0.3 is 41.0 Å². The van der Waals surface area contributed by atoms with Crippen LogP contribution in [-0.2, 0) is 31.8 Å². The van der Waals surface area contributed by atoms with Crippen LogP contribution in [0.3, 0.4) is 0 Å². The van der Waals surface area contributed by atoms with Gasteiger partial charge >= 0.3 is 0 Å². The third-order valence-corrected chi connectivity index (χ3v) is 9.07. The molecule has 6 atom stereocenters. The molecule has 238 valence electrons. The first kappa shape index (κ1) is 32.4. The van der Waals surface area contributed by atoms with Crippen LogP contribution >= 0.6 is 0 Å². The molecule has 6 unspecified atom stereocenters. The first-order valence-corrected chi connectivity index (χ1v) is 15.8. The molecule has 0 spiro atoms. The predicted octanol–water partition coefficient (Wildman–Crippen LogP) is 5.91. The van der Waals surface area contributed by atoms with E-state index in [2.05, 4.69) is 96.4 Å². The Hall–Kier alpha value is -2.98. The molecular weight excluding hydrogens is 552 g/mol. The van der Waals surface area contributed by atoms with Crippen LogP contribution < -0.4 is 22.1 Å². The molecule has 4 saturated heterocycles. The van der Waals surface area contributed by atoms with E-state index in [1.54, 1.807) is 0 Å². The number of anilines is 2. The summed E-state index contributed by atoms with van der Waals surface area (Å²) in [6.45, 7) is 12.0. The zero-order valence-electron chi connectivity index (χ0n) is 26.4. The molecule has 4 aliphatic heterocycles. The lowest BCUT2D eigenvalue weighted by molar-refractivity contribution is 0.388. The minimum Gasteiger partial charge on any atom is -0.371 e. The van der Waals surface area contributed by atoms with Gasteiger partial charge in [-0.25, -0.2) is 0 Å². The van der Waals surface area contributed by atoms with Crippen molar-refractivity contribution in [1.29, 1.82) is 0 Å². The standard InChI is InChI=1S/C36H44N2O4.2H3N/c1-25(15-27-3-11-31(12-4-27)37(17-33-21-39-33)18-34-22-40-34)29-7-9-30(10-8-29)26(2)16-28-5-13-32(14-6-28)38(19-35-23-41-35)20-36-24-42-36;;/h3-14,25-26,33-36H,15-24H2,1-2H3;2*1H3. The molecule has 6 N–H and O–H groups in total. The van der Waals surface area contributed by atoms with Crippen LogP contribution in [0.1, 0.15) is 47.9 Å². The lowest BCUT2D eigenvalue weighted by Gasteiger charge is -2.24. The normalized spacial score (nSPS) is 23.9. The number of epoxide rings is 4. The highest BCUT2D eigenvalue weighted by Crippen LogP contribution is 2.29. The van der Waals surface area contributed by atoms with Crippen molar-refractivity contribution in [3.8, 4) is 0 Å². The number of ether oxygens (including phenoxy) is 4. The summed E-state index contributed by atoms with van der Waals surface area (Å²) in [5, 5.41) is 0. The van der Waals surface area contributed by atoms with E-state index in [0.717, 1.165) is 65.4 Å². The van der Waals surface area contributed by atoms with Crippen molar-refractivity contribution in [3.63, 3.8) is 0 Å². The minimum absolute atomic E-state index is 0. The Balaban J connectivity index is 0.00000192. The van der Waals surface area contributed by atoms with Crippen LogP contribution in [0.2, 0.25) is 0 Å². The molecule has 4 heterocycles. The highest BCUT2D eigenvalue weighted by atomic mass is 16.6. The fraction of sp³-hybridized carbons (Fsp3) is 0.500. The van der Waals surface area contributed by atoms with Gasteiger partial charge in [0.1, 0.15) is 0 Å². The van der Waals surface area contributed by atoms with Crippen molar-refractivity contribution in [3.05, 3.63) is 95.1 Å². The van der Waals surface area contributed by atoms with E-state index in [-0.39, 0.29) is 12.3 Å². The molecule has 44 heavy (non-hydrogen) atoms. The van der Waals surface area contributed by atoms with Gasteiger partial charge in [0, 0.05) is 37.6 Å². The first-order valence-electron chi connectivity index (χ1n) is 15.8. The zero-order chi connectivity index (χ0) is 28.5. The lowest BCUT2D eigenvalue weighted by Crippen LogP contribution is -2.31. The van der Waals surface area contributed by atoms with Gasteiger partial charge in [-0.05, 0) is 71.2 Å². The number of benzene rings is 3. The van der Waals surface area contributed by atoms with Gasteiger partial charge in [0.15, 0.2) is 0 Å². The first-order chi connectivity index (χ1) is 20.6. The third-order valence-electron chi connectivity index (χ3n) is 9.07. The molecule has 4 aliphatic rings. The number of hydrogen-bond acceptors (Lipinski definition) is 8. The second kappa shape index (κ2) is 14.4. The van der Waals surface area contributed by atoms with Gasteiger partial charge in [-0.1, -0.05) is 62.4 Å². The monoisotopic (exact) mass is 602 g/mol. The van der Waals surface area contributed by atoms with Gasteiger partial charge in [-0.15, -0.1) is 0 Å². The quantitative estimate of drug-likeness (QED) is 0.194. The second-order valence-electron chi connectivity index (χ2n) is 12.8. The average Bonchev–Trinajstić information content (AvgIpc) is 3.81. The summed E-state index contributed by atoms with van der Waals surface area (Å²) >= 11 is 0. The van der Waals surface area contributed by atoms with Crippen molar-refractivity contribution in [2.45, 2.75) is 62.9 Å². The molecule has 3 aromatic rings. The van der Waals surface area contributed by atoms with E-state index in [1.165, 1.54) is 33.6 Å². The summed E-state index contributed by atoms with van der Waals surface area (Å²) in [4.78, 5) is 4.83. The highest BCUT2D eigenvalue weighted by Gasteiger charge is 2.32. The summed E-state index contributed by atoms with van der Waals surface area (Å²) in [5.41, 5.74) is 8.09. The molecule has 0 bridgehead atoms. The molecular formula is C36H50N4O4. The summed E-state index contributed by atoms with van der Waals surface area (Å²) in [6.07, 6.45) is 3.60. The molecule has 0 radical (unpaired) electrons. The number of rotatable bonds is 16. The van der Waals surface area contributed by atoms with Crippen molar-refractivity contribution in [2.24, 2.45) is 0 Å². The van der Waals surface area contributed by atoms with Crippen molar-refractivity contribution in [1.82, 2.24) is 12.3 Å². The van der Waals surface area contributed by atoms with Gasteiger partial charge in [-0.3, -0.25) is 0 Å². The molecule has 7 rings (SSSR count).